The summed E-state index contributed by atoms with van der Waals surface area (Å²) in [5.41, 5.74) is 0.571. The van der Waals surface area contributed by atoms with Crippen LogP contribution in [0.25, 0.3) is 0 Å². The summed E-state index contributed by atoms with van der Waals surface area (Å²) in [5, 5.41) is 3.09. The maximum atomic E-state index is 13.5. The van der Waals surface area contributed by atoms with Crippen LogP contribution in [0.5, 0.6) is 0 Å². The fourth-order valence-corrected chi connectivity index (χ4v) is 2.33. The highest BCUT2D eigenvalue weighted by molar-refractivity contribution is 9.10. The molecule has 1 atom stereocenters. The van der Waals surface area contributed by atoms with Crippen LogP contribution in [0.1, 0.15) is 12.0 Å². The van der Waals surface area contributed by atoms with Crippen molar-refractivity contribution in [1.82, 2.24) is 10.2 Å². The number of benzene rings is 1. The van der Waals surface area contributed by atoms with E-state index in [9.17, 15) is 9.18 Å². The molecule has 1 aromatic carbocycles. The largest absolute Gasteiger partial charge is 0.344 e. The quantitative estimate of drug-likeness (QED) is 0.925. The van der Waals surface area contributed by atoms with E-state index >= 15 is 0 Å². The number of likely N-dealkylation sites (tertiary alicyclic amines) is 1. The zero-order valence-corrected chi connectivity index (χ0v) is 11.1. The molecule has 2 rings (SSSR count). The Bertz CT molecular complexity index is 439. The first-order valence-corrected chi connectivity index (χ1v) is 6.29. The standard InChI is InChI=1S/C12H14BrFN2O/c1-16-5-4-11(12(16)17)15-7-8-6-9(13)2-3-10(8)14/h2-3,6,11,15H,4-5,7H2,1H3. The second-order valence-corrected chi connectivity index (χ2v) is 5.13. The normalized spacial score (nSPS) is 20.1. The van der Waals surface area contributed by atoms with Crippen LogP contribution < -0.4 is 5.32 Å². The molecule has 1 fully saturated rings. The lowest BCUT2D eigenvalue weighted by atomic mass is 10.2. The van der Waals surface area contributed by atoms with Gasteiger partial charge >= 0.3 is 0 Å². The van der Waals surface area contributed by atoms with E-state index in [1.165, 1.54) is 6.07 Å². The Kier molecular flexibility index (Phi) is 3.79. The van der Waals surface area contributed by atoms with Crippen molar-refractivity contribution in [3.63, 3.8) is 0 Å². The molecular weight excluding hydrogens is 287 g/mol. The summed E-state index contributed by atoms with van der Waals surface area (Å²) < 4.78 is 14.3. The number of halogens is 2. The second kappa shape index (κ2) is 5.14. The molecule has 1 aliphatic heterocycles. The number of carbonyl (C=O) groups is 1. The van der Waals surface area contributed by atoms with E-state index < -0.39 is 0 Å². The van der Waals surface area contributed by atoms with Gasteiger partial charge in [0, 0.05) is 30.2 Å². The average molecular weight is 301 g/mol. The van der Waals surface area contributed by atoms with Crippen molar-refractivity contribution in [2.24, 2.45) is 0 Å². The summed E-state index contributed by atoms with van der Waals surface area (Å²) in [5.74, 6) is -0.167. The molecule has 0 spiro atoms. The minimum atomic E-state index is -0.250. The van der Waals surface area contributed by atoms with Crippen LogP contribution in [0.3, 0.4) is 0 Å². The molecule has 3 nitrogen and oxygen atoms in total. The van der Waals surface area contributed by atoms with E-state index in [1.807, 2.05) is 0 Å². The van der Waals surface area contributed by atoms with Gasteiger partial charge in [-0.15, -0.1) is 0 Å². The molecule has 0 aromatic heterocycles. The van der Waals surface area contributed by atoms with Crippen molar-refractivity contribution in [3.8, 4) is 0 Å². The molecule has 1 aromatic rings. The van der Waals surface area contributed by atoms with Gasteiger partial charge in [-0.2, -0.15) is 0 Å². The van der Waals surface area contributed by atoms with E-state index in [0.717, 1.165) is 17.4 Å². The Morgan fingerprint density at radius 3 is 3.00 bits per heavy atom. The molecule has 92 valence electrons. The Labute approximate surface area is 108 Å². The van der Waals surface area contributed by atoms with E-state index in [0.29, 0.717) is 12.1 Å². The van der Waals surface area contributed by atoms with Crippen molar-refractivity contribution in [2.75, 3.05) is 13.6 Å². The Balaban J connectivity index is 1.98. The van der Waals surface area contributed by atoms with Crippen molar-refractivity contribution in [3.05, 3.63) is 34.1 Å². The van der Waals surface area contributed by atoms with Gasteiger partial charge in [-0.05, 0) is 24.6 Å². The molecule has 0 saturated carbocycles. The predicted octanol–water partition coefficient (Wildman–Crippen LogP) is 1.91. The topological polar surface area (TPSA) is 32.3 Å². The molecule has 1 N–H and O–H groups in total. The zero-order chi connectivity index (χ0) is 12.4. The van der Waals surface area contributed by atoms with Crippen LogP contribution in [0, 0.1) is 5.82 Å². The van der Waals surface area contributed by atoms with E-state index in [1.54, 1.807) is 24.1 Å². The average Bonchev–Trinajstić information content (AvgIpc) is 2.62. The maximum Gasteiger partial charge on any atom is 0.239 e. The van der Waals surface area contributed by atoms with Crippen LogP contribution in [0.2, 0.25) is 0 Å². The highest BCUT2D eigenvalue weighted by atomic mass is 79.9. The molecule has 0 radical (unpaired) electrons. The SMILES string of the molecule is CN1CCC(NCc2cc(Br)ccc2F)C1=O. The maximum absolute atomic E-state index is 13.5. The van der Waals surface area contributed by atoms with Gasteiger partial charge in [-0.25, -0.2) is 4.39 Å². The molecule has 5 heteroatoms. The monoisotopic (exact) mass is 300 g/mol. The van der Waals surface area contributed by atoms with Crippen LogP contribution >= 0.6 is 15.9 Å². The number of nitrogens with one attached hydrogen (secondary N) is 1. The van der Waals surface area contributed by atoms with Gasteiger partial charge in [0.1, 0.15) is 5.82 Å². The van der Waals surface area contributed by atoms with Gasteiger partial charge in [0.05, 0.1) is 6.04 Å². The number of carbonyl (C=O) groups excluding carboxylic acids is 1. The van der Waals surface area contributed by atoms with Crippen molar-refractivity contribution < 1.29 is 9.18 Å². The molecule has 1 saturated heterocycles. The molecule has 1 aliphatic rings. The van der Waals surface area contributed by atoms with Crippen LogP contribution in [-0.2, 0) is 11.3 Å². The van der Waals surface area contributed by atoms with Gasteiger partial charge in [-0.3, -0.25) is 4.79 Å². The second-order valence-electron chi connectivity index (χ2n) is 4.22. The van der Waals surface area contributed by atoms with Crippen molar-refractivity contribution >= 4 is 21.8 Å². The fraction of sp³-hybridized carbons (Fsp3) is 0.417. The first-order valence-electron chi connectivity index (χ1n) is 5.50. The Morgan fingerprint density at radius 2 is 2.35 bits per heavy atom. The number of rotatable bonds is 3. The van der Waals surface area contributed by atoms with Gasteiger partial charge in [0.25, 0.3) is 0 Å². The Morgan fingerprint density at radius 1 is 1.59 bits per heavy atom. The lowest BCUT2D eigenvalue weighted by Crippen LogP contribution is -2.36. The smallest absolute Gasteiger partial charge is 0.239 e. The third-order valence-electron chi connectivity index (χ3n) is 2.97. The molecule has 0 aliphatic carbocycles. The Hall–Kier alpha value is -0.940. The summed E-state index contributed by atoms with van der Waals surface area (Å²) in [6.07, 6.45) is 0.783. The number of nitrogens with zero attached hydrogens (tertiary/aromatic N) is 1. The van der Waals surface area contributed by atoms with Gasteiger partial charge < -0.3 is 10.2 Å². The molecule has 17 heavy (non-hydrogen) atoms. The van der Waals surface area contributed by atoms with Crippen LogP contribution in [0.15, 0.2) is 22.7 Å². The van der Waals surface area contributed by atoms with Crippen LogP contribution in [-0.4, -0.2) is 30.4 Å². The summed E-state index contributed by atoms with van der Waals surface area (Å²) in [4.78, 5) is 13.3. The third-order valence-corrected chi connectivity index (χ3v) is 3.47. The molecular formula is C12H14BrFN2O. The molecule has 1 amide bonds. The lowest BCUT2D eigenvalue weighted by molar-refractivity contribution is -0.128. The van der Waals surface area contributed by atoms with Crippen LogP contribution in [0.4, 0.5) is 4.39 Å². The van der Waals surface area contributed by atoms with E-state index in [-0.39, 0.29) is 17.8 Å². The first kappa shape index (κ1) is 12.5. The summed E-state index contributed by atoms with van der Waals surface area (Å²) in [6.45, 7) is 1.13. The van der Waals surface area contributed by atoms with Gasteiger partial charge in [0.15, 0.2) is 0 Å². The molecule has 1 unspecified atom stereocenters. The van der Waals surface area contributed by atoms with E-state index in [4.69, 9.17) is 0 Å². The number of hydrogen-bond acceptors (Lipinski definition) is 2. The van der Waals surface area contributed by atoms with Crippen molar-refractivity contribution in [1.29, 1.82) is 0 Å². The third kappa shape index (κ3) is 2.84. The number of amides is 1. The predicted molar refractivity (Wildman–Crippen MR) is 67.0 cm³/mol. The number of likely N-dealkylation sites (N-methyl/N-ethyl adjacent to an activating group) is 1. The summed E-state index contributed by atoms with van der Waals surface area (Å²) in [7, 11) is 1.78. The molecule has 1 heterocycles. The minimum absolute atomic E-state index is 0.0837. The van der Waals surface area contributed by atoms with Gasteiger partial charge in [-0.1, -0.05) is 15.9 Å². The zero-order valence-electron chi connectivity index (χ0n) is 9.54. The highest BCUT2D eigenvalue weighted by Gasteiger charge is 2.28. The summed E-state index contributed by atoms with van der Waals surface area (Å²) in [6, 6.07) is 4.63. The van der Waals surface area contributed by atoms with Gasteiger partial charge in [0.2, 0.25) is 5.91 Å². The molecule has 0 bridgehead atoms. The fourth-order valence-electron chi connectivity index (χ4n) is 1.92. The van der Waals surface area contributed by atoms with Crippen molar-refractivity contribution in [2.45, 2.75) is 19.0 Å². The summed E-state index contributed by atoms with van der Waals surface area (Å²) >= 11 is 3.30. The lowest BCUT2D eigenvalue weighted by Gasteiger charge is -2.12. The minimum Gasteiger partial charge on any atom is -0.344 e. The number of hydrogen-bond donors (Lipinski definition) is 1. The highest BCUT2D eigenvalue weighted by Crippen LogP contribution is 2.16. The first-order chi connectivity index (χ1) is 8.08. The van der Waals surface area contributed by atoms with E-state index in [2.05, 4.69) is 21.2 Å².